The zero-order valence-corrected chi connectivity index (χ0v) is 18.0. The van der Waals surface area contributed by atoms with Crippen molar-refractivity contribution in [3.8, 4) is 5.75 Å². The zero-order valence-electron chi connectivity index (χ0n) is 17.2. The van der Waals surface area contributed by atoms with E-state index in [4.69, 9.17) is 4.99 Å². The third-order valence-electron chi connectivity index (χ3n) is 6.20. The van der Waals surface area contributed by atoms with E-state index in [9.17, 15) is 9.90 Å². The Hall–Kier alpha value is -2.92. The van der Waals surface area contributed by atoms with Gasteiger partial charge in [0.15, 0.2) is 4.80 Å². The number of fused-ring (bicyclic) bond motifs is 1. The summed E-state index contributed by atoms with van der Waals surface area (Å²) in [4.78, 5) is 19.1. The van der Waals surface area contributed by atoms with Crippen LogP contribution in [0.2, 0.25) is 0 Å². The molecule has 4 nitrogen and oxygen atoms in total. The van der Waals surface area contributed by atoms with Crippen molar-refractivity contribution in [2.75, 3.05) is 0 Å². The first-order valence-electron chi connectivity index (χ1n) is 10.4. The molecular formula is C25H24N2O2S. The molecule has 30 heavy (non-hydrogen) atoms. The lowest BCUT2D eigenvalue weighted by atomic mass is 9.86. The second kappa shape index (κ2) is 7.40. The molecule has 1 N–H and O–H groups in total. The number of para-hydroxylation sites is 1. The molecule has 0 spiro atoms. The SMILES string of the molecule is Cc1ccc(/C=c2\sc3n(c2=O)C(c2ccccc2O)C2=C(CCCC2)N=3)cc1C. The van der Waals surface area contributed by atoms with Crippen molar-refractivity contribution in [3.63, 3.8) is 0 Å². The molecule has 1 atom stereocenters. The van der Waals surface area contributed by atoms with Crippen molar-refractivity contribution in [3.05, 3.63) is 95.7 Å². The molecule has 1 aromatic heterocycles. The highest BCUT2D eigenvalue weighted by molar-refractivity contribution is 7.07. The topological polar surface area (TPSA) is 54.6 Å². The summed E-state index contributed by atoms with van der Waals surface area (Å²) in [6.07, 6.45) is 6.01. The van der Waals surface area contributed by atoms with Gasteiger partial charge in [0.25, 0.3) is 5.56 Å². The second-order valence-electron chi connectivity index (χ2n) is 8.16. The van der Waals surface area contributed by atoms with Crippen LogP contribution in [0, 0.1) is 13.8 Å². The maximum absolute atomic E-state index is 13.5. The fourth-order valence-electron chi connectivity index (χ4n) is 4.45. The van der Waals surface area contributed by atoms with Crippen LogP contribution in [0.3, 0.4) is 0 Å². The van der Waals surface area contributed by atoms with Gasteiger partial charge in [0, 0.05) is 11.3 Å². The number of allylic oxidation sites excluding steroid dienone is 2. The Kier molecular flexibility index (Phi) is 4.70. The standard InChI is InChI=1S/C25H24N2O2S/c1-15-11-12-17(13-16(15)2)14-22-24(29)27-23(19-8-4-6-10-21(19)28)18-7-3-5-9-20(18)26-25(27)30-22/h4,6,8,10-14,23,28H,3,5,7,9H2,1-2H3/b22-14-. The van der Waals surface area contributed by atoms with E-state index in [0.29, 0.717) is 4.53 Å². The number of hydrogen-bond donors (Lipinski definition) is 1. The van der Waals surface area contributed by atoms with Gasteiger partial charge in [-0.15, -0.1) is 0 Å². The van der Waals surface area contributed by atoms with Gasteiger partial charge in [0.05, 0.1) is 10.6 Å². The van der Waals surface area contributed by atoms with Gasteiger partial charge in [-0.05, 0) is 73.9 Å². The third kappa shape index (κ3) is 3.14. The Bertz CT molecular complexity index is 1360. The molecule has 1 aliphatic carbocycles. The lowest BCUT2D eigenvalue weighted by Crippen LogP contribution is -2.38. The predicted molar refractivity (Wildman–Crippen MR) is 121 cm³/mol. The Labute approximate surface area is 179 Å². The number of phenols is 1. The summed E-state index contributed by atoms with van der Waals surface area (Å²) in [5, 5.41) is 10.6. The van der Waals surface area contributed by atoms with Gasteiger partial charge in [-0.3, -0.25) is 9.36 Å². The third-order valence-corrected chi connectivity index (χ3v) is 7.18. The molecule has 1 unspecified atom stereocenters. The van der Waals surface area contributed by atoms with E-state index in [0.717, 1.165) is 47.3 Å². The van der Waals surface area contributed by atoms with Crippen LogP contribution in [0.25, 0.3) is 6.08 Å². The van der Waals surface area contributed by atoms with Crippen molar-refractivity contribution < 1.29 is 5.11 Å². The number of thiazole rings is 1. The van der Waals surface area contributed by atoms with Crippen molar-refractivity contribution in [1.29, 1.82) is 0 Å². The number of nitrogens with zero attached hydrogens (tertiary/aromatic N) is 2. The predicted octanol–water partition coefficient (Wildman–Crippen LogP) is 4.11. The lowest BCUT2D eigenvalue weighted by Gasteiger charge is -2.29. The van der Waals surface area contributed by atoms with Gasteiger partial charge in [-0.2, -0.15) is 0 Å². The summed E-state index contributed by atoms with van der Waals surface area (Å²) in [6.45, 7) is 4.17. The number of hydrogen-bond acceptors (Lipinski definition) is 4. The van der Waals surface area contributed by atoms with Gasteiger partial charge >= 0.3 is 0 Å². The first kappa shape index (κ1) is 19.1. The first-order chi connectivity index (χ1) is 14.5. The Morgan fingerprint density at radius 1 is 1.10 bits per heavy atom. The molecule has 152 valence electrons. The number of rotatable bonds is 2. The number of benzene rings is 2. The summed E-state index contributed by atoms with van der Waals surface area (Å²) in [5.41, 5.74) is 6.47. The Morgan fingerprint density at radius 3 is 2.70 bits per heavy atom. The second-order valence-corrected chi connectivity index (χ2v) is 9.17. The van der Waals surface area contributed by atoms with Crippen LogP contribution in [-0.4, -0.2) is 9.67 Å². The van der Waals surface area contributed by atoms with E-state index in [1.807, 2.05) is 30.3 Å². The van der Waals surface area contributed by atoms with E-state index in [-0.39, 0.29) is 17.4 Å². The maximum Gasteiger partial charge on any atom is 0.271 e. The van der Waals surface area contributed by atoms with Gasteiger partial charge < -0.3 is 5.11 Å². The van der Waals surface area contributed by atoms with Crippen molar-refractivity contribution >= 4 is 17.4 Å². The Morgan fingerprint density at radius 2 is 1.90 bits per heavy atom. The maximum atomic E-state index is 13.5. The van der Waals surface area contributed by atoms with E-state index >= 15 is 0 Å². The lowest BCUT2D eigenvalue weighted by molar-refractivity contribution is 0.448. The quantitative estimate of drug-likeness (QED) is 0.683. The van der Waals surface area contributed by atoms with Crippen LogP contribution >= 0.6 is 11.3 Å². The van der Waals surface area contributed by atoms with Gasteiger partial charge in [0.2, 0.25) is 0 Å². The summed E-state index contributed by atoms with van der Waals surface area (Å²) in [7, 11) is 0. The van der Waals surface area contributed by atoms with Crippen LogP contribution < -0.4 is 14.9 Å². The van der Waals surface area contributed by atoms with Crippen LogP contribution in [0.4, 0.5) is 0 Å². The molecule has 1 aliphatic heterocycles. The minimum absolute atomic E-state index is 0.0395. The minimum Gasteiger partial charge on any atom is -0.508 e. The molecule has 0 fully saturated rings. The van der Waals surface area contributed by atoms with E-state index < -0.39 is 0 Å². The molecule has 2 aromatic carbocycles. The van der Waals surface area contributed by atoms with Crippen LogP contribution in [-0.2, 0) is 0 Å². The molecule has 3 aromatic rings. The highest BCUT2D eigenvalue weighted by atomic mass is 32.1. The molecule has 2 aliphatic rings. The summed E-state index contributed by atoms with van der Waals surface area (Å²) >= 11 is 1.44. The average molecular weight is 417 g/mol. The fraction of sp³-hybridized carbons (Fsp3) is 0.280. The van der Waals surface area contributed by atoms with Gasteiger partial charge in [-0.1, -0.05) is 47.7 Å². The van der Waals surface area contributed by atoms with Crippen molar-refractivity contribution in [1.82, 2.24) is 4.57 Å². The number of aromatic nitrogens is 1. The van der Waals surface area contributed by atoms with Crippen LogP contribution in [0.1, 0.15) is 54.0 Å². The molecule has 2 heterocycles. The molecule has 0 saturated heterocycles. The van der Waals surface area contributed by atoms with E-state index in [1.54, 1.807) is 10.6 Å². The van der Waals surface area contributed by atoms with E-state index in [1.165, 1.54) is 28.0 Å². The molecule has 0 bridgehead atoms. The fourth-order valence-corrected chi connectivity index (χ4v) is 5.47. The monoisotopic (exact) mass is 416 g/mol. The average Bonchev–Trinajstić information content (AvgIpc) is 3.04. The normalized spacial score (nSPS) is 18.7. The van der Waals surface area contributed by atoms with E-state index in [2.05, 4.69) is 26.0 Å². The highest BCUT2D eigenvalue weighted by Gasteiger charge is 2.31. The smallest absolute Gasteiger partial charge is 0.271 e. The summed E-state index contributed by atoms with van der Waals surface area (Å²) < 4.78 is 2.47. The number of aromatic hydroxyl groups is 1. The summed E-state index contributed by atoms with van der Waals surface area (Å²) in [6, 6.07) is 13.3. The largest absolute Gasteiger partial charge is 0.508 e. The molecule has 5 rings (SSSR count). The number of aryl methyl sites for hydroxylation is 2. The first-order valence-corrected chi connectivity index (χ1v) is 11.2. The summed E-state index contributed by atoms with van der Waals surface area (Å²) in [5.74, 6) is 0.227. The van der Waals surface area contributed by atoms with Crippen LogP contribution in [0.15, 0.2) is 63.5 Å². The molecular weight excluding hydrogens is 392 g/mol. The van der Waals surface area contributed by atoms with Crippen LogP contribution in [0.5, 0.6) is 5.75 Å². The molecule has 5 heteroatoms. The van der Waals surface area contributed by atoms with Crippen molar-refractivity contribution in [2.24, 2.45) is 4.99 Å². The Balaban J connectivity index is 1.75. The van der Waals surface area contributed by atoms with Crippen molar-refractivity contribution in [2.45, 2.75) is 45.6 Å². The zero-order chi connectivity index (χ0) is 20.8. The highest BCUT2D eigenvalue weighted by Crippen LogP contribution is 2.40. The molecule has 0 amide bonds. The number of phenolic OH excluding ortho intramolecular Hbond substituents is 1. The molecule has 0 saturated carbocycles. The van der Waals surface area contributed by atoms with Gasteiger partial charge in [0.1, 0.15) is 5.75 Å². The molecule has 0 radical (unpaired) electrons. The minimum atomic E-state index is -0.278. The van der Waals surface area contributed by atoms with Gasteiger partial charge in [-0.25, -0.2) is 4.99 Å².